The molecule has 7 nitrogen and oxygen atoms in total. The molecular formula is C11H16N4O3. The molecule has 0 spiro atoms. The van der Waals surface area contributed by atoms with Crippen molar-refractivity contribution in [2.24, 2.45) is 0 Å². The van der Waals surface area contributed by atoms with E-state index in [4.69, 9.17) is 5.11 Å². The fourth-order valence-electron chi connectivity index (χ4n) is 2.08. The lowest BCUT2D eigenvalue weighted by molar-refractivity contribution is -0.141. The summed E-state index contributed by atoms with van der Waals surface area (Å²) in [6.45, 7) is 1.59. The first-order valence-corrected chi connectivity index (χ1v) is 5.91. The second-order valence-electron chi connectivity index (χ2n) is 4.22. The predicted molar refractivity (Wildman–Crippen MR) is 63.0 cm³/mol. The van der Waals surface area contributed by atoms with Crippen LogP contribution in [0.2, 0.25) is 0 Å². The molecule has 1 aromatic heterocycles. The summed E-state index contributed by atoms with van der Waals surface area (Å²) in [6.07, 6.45) is 6.42. The van der Waals surface area contributed by atoms with Crippen molar-refractivity contribution < 1.29 is 14.7 Å². The average molecular weight is 252 g/mol. The van der Waals surface area contributed by atoms with Crippen LogP contribution in [0.25, 0.3) is 0 Å². The molecule has 2 amide bonds. The van der Waals surface area contributed by atoms with E-state index in [2.05, 4.69) is 10.3 Å². The Morgan fingerprint density at radius 1 is 1.50 bits per heavy atom. The Bertz CT molecular complexity index is 418. The number of carboxylic acids is 1. The number of rotatable bonds is 4. The minimum Gasteiger partial charge on any atom is -0.480 e. The number of imidazole rings is 1. The summed E-state index contributed by atoms with van der Waals surface area (Å²) in [7, 11) is 0. The van der Waals surface area contributed by atoms with Crippen LogP contribution in [0.1, 0.15) is 12.8 Å². The standard InChI is InChI=1S/C11H16N4O3/c16-10(17)9-2-1-5-15(9)11(18)13-4-7-14-6-3-12-8-14/h3,6,8-9H,1-2,4-5,7H2,(H,13,18)(H,16,17). The minimum absolute atomic E-state index is 0.306. The zero-order valence-electron chi connectivity index (χ0n) is 9.95. The monoisotopic (exact) mass is 252 g/mol. The molecule has 1 aliphatic heterocycles. The Kier molecular flexibility index (Phi) is 3.81. The Hall–Kier alpha value is -2.05. The number of carbonyl (C=O) groups is 2. The lowest BCUT2D eigenvalue weighted by Crippen LogP contribution is -2.46. The molecule has 0 radical (unpaired) electrons. The van der Waals surface area contributed by atoms with E-state index in [1.807, 2.05) is 10.8 Å². The lowest BCUT2D eigenvalue weighted by atomic mass is 10.2. The van der Waals surface area contributed by atoms with Crippen molar-refractivity contribution in [2.75, 3.05) is 13.1 Å². The van der Waals surface area contributed by atoms with Crippen LogP contribution in [-0.4, -0.2) is 50.7 Å². The molecule has 98 valence electrons. The van der Waals surface area contributed by atoms with Crippen LogP contribution in [-0.2, 0) is 11.3 Å². The first-order valence-electron chi connectivity index (χ1n) is 5.91. The molecule has 7 heteroatoms. The van der Waals surface area contributed by atoms with E-state index in [0.717, 1.165) is 6.42 Å². The second-order valence-corrected chi connectivity index (χ2v) is 4.22. The van der Waals surface area contributed by atoms with Crippen molar-refractivity contribution in [3.8, 4) is 0 Å². The maximum Gasteiger partial charge on any atom is 0.326 e. The number of likely N-dealkylation sites (tertiary alicyclic amines) is 1. The third-order valence-corrected chi connectivity index (χ3v) is 3.00. The van der Waals surface area contributed by atoms with Gasteiger partial charge in [0.25, 0.3) is 0 Å². The Balaban J connectivity index is 1.79. The lowest BCUT2D eigenvalue weighted by Gasteiger charge is -2.21. The topological polar surface area (TPSA) is 87.5 Å². The quantitative estimate of drug-likeness (QED) is 0.798. The highest BCUT2D eigenvalue weighted by molar-refractivity contribution is 5.83. The van der Waals surface area contributed by atoms with Gasteiger partial charge in [0.2, 0.25) is 0 Å². The Morgan fingerprint density at radius 2 is 2.33 bits per heavy atom. The molecule has 1 aromatic rings. The van der Waals surface area contributed by atoms with Crippen molar-refractivity contribution in [1.29, 1.82) is 0 Å². The van der Waals surface area contributed by atoms with Gasteiger partial charge < -0.3 is 19.9 Å². The molecule has 0 bridgehead atoms. The number of nitrogens with one attached hydrogen (secondary N) is 1. The summed E-state index contributed by atoms with van der Waals surface area (Å²) < 4.78 is 1.85. The van der Waals surface area contributed by atoms with E-state index < -0.39 is 12.0 Å². The molecule has 2 rings (SSSR count). The van der Waals surface area contributed by atoms with Gasteiger partial charge in [-0.15, -0.1) is 0 Å². The summed E-state index contributed by atoms with van der Waals surface area (Å²) in [5.41, 5.74) is 0. The highest BCUT2D eigenvalue weighted by Gasteiger charge is 2.33. The number of carbonyl (C=O) groups excluding carboxylic acids is 1. The molecule has 2 heterocycles. The summed E-state index contributed by atoms with van der Waals surface area (Å²) in [6, 6.07) is -0.988. The SMILES string of the molecule is O=C(O)C1CCCN1C(=O)NCCn1ccnc1. The number of carboxylic acid groups (broad SMARTS) is 1. The van der Waals surface area contributed by atoms with Crippen molar-refractivity contribution in [3.05, 3.63) is 18.7 Å². The van der Waals surface area contributed by atoms with Gasteiger partial charge in [-0.2, -0.15) is 0 Å². The molecule has 0 aliphatic carbocycles. The van der Waals surface area contributed by atoms with E-state index in [-0.39, 0.29) is 6.03 Å². The third-order valence-electron chi connectivity index (χ3n) is 3.00. The number of aromatic nitrogens is 2. The van der Waals surface area contributed by atoms with Gasteiger partial charge in [-0.3, -0.25) is 0 Å². The highest BCUT2D eigenvalue weighted by Crippen LogP contribution is 2.17. The van der Waals surface area contributed by atoms with E-state index in [1.165, 1.54) is 4.90 Å². The second kappa shape index (κ2) is 5.52. The fourth-order valence-corrected chi connectivity index (χ4v) is 2.08. The van der Waals surface area contributed by atoms with Crippen LogP contribution in [0.4, 0.5) is 4.79 Å². The molecule has 0 aromatic carbocycles. The molecular weight excluding hydrogens is 236 g/mol. The average Bonchev–Trinajstić information content (AvgIpc) is 2.99. The summed E-state index contributed by atoms with van der Waals surface area (Å²) in [4.78, 5) is 28.0. The van der Waals surface area contributed by atoms with E-state index >= 15 is 0 Å². The van der Waals surface area contributed by atoms with Gasteiger partial charge in [-0.05, 0) is 12.8 Å². The van der Waals surface area contributed by atoms with Crippen molar-refractivity contribution in [3.63, 3.8) is 0 Å². The Morgan fingerprint density at radius 3 is 3.00 bits per heavy atom. The van der Waals surface area contributed by atoms with Gasteiger partial charge in [-0.1, -0.05) is 0 Å². The first kappa shape index (κ1) is 12.4. The van der Waals surface area contributed by atoms with Crippen molar-refractivity contribution in [1.82, 2.24) is 19.8 Å². The van der Waals surface area contributed by atoms with Gasteiger partial charge in [0.15, 0.2) is 0 Å². The summed E-state index contributed by atoms with van der Waals surface area (Å²) in [5, 5.41) is 11.7. The van der Waals surface area contributed by atoms with Gasteiger partial charge in [-0.25, -0.2) is 14.6 Å². The van der Waals surface area contributed by atoms with E-state index in [1.54, 1.807) is 12.5 Å². The van der Waals surface area contributed by atoms with Crippen LogP contribution < -0.4 is 5.32 Å². The summed E-state index contributed by atoms with van der Waals surface area (Å²) in [5.74, 6) is -0.933. The molecule has 1 fully saturated rings. The zero-order chi connectivity index (χ0) is 13.0. The first-order chi connectivity index (χ1) is 8.68. The molecule has 1 aliphatic rings. The minimum atomic E-state index is -0.933. The van der Waals surface area contributed by atoms with Crippen molar-refractivity contribution >= 4 is 12.0 Å². The smallest absolute Gasteiger partial charge is 0.326 e. The number of amides is 2. The largest absolute Gasteiger partial charge is 0.480 e. The normalized spacial score (nSPS) is 18.9. The predicted octanol–water partition coefficient (Wildman–Crippen LogP) is 0.142. The van der Waals surface area contributed by atoms with Gasteiger partial charge in [0, 0.05) is 32.0 Å². The molecule has 1 unspecified atom stereocenters. The van der Waals surface area contributed by atoms with Crippen LogP contribution in [0.3, 0.4) is 0 Å². The van der Waals surface area contributed by atoms with Crippen LogP contribution in [0.5, 0.6) is 0 Å². The molecule has 1 atom stereocenters. The zero-order valence-corrected chi connectivity index (χ0v) is 9.95. The number of hydrogen-bond acceptors (Lipinski definition) is 3. The number of urea groups is 1. The van der Waals surface area contributed by atoms with E-state index in [0.29, 0.717) is 26.1 Å². The highest BCUT2D eigenvalue weighted by atomic mass is 16.4. The molecule has 18 heavy (non-hydrogen) atoms. The van der Waals surface area contributed by atoms with Crippen LogP contribution >= 0.6 is 0 Å². The molecule has 2 N–H and O–H groups in total. The third kappa shape index (κ3) is 2.79. The number of aliphatic carboxylic acids is 1. The summed E-state index contributed by atoms with van der Waals surface area (Å²) >= 11 is 0. The molecule has 1 saturated heterocycles. The van der Waals surface area contributed by atoms with Crippen molar-refractivity contribution in [2.45, 2.75) is 25.4 Å². The maximum absolute atomic E-state index is 11.8. The van der Waals surface area contributed by atoms with Crippen LogP contribution in [0.15, 0.2) is 18.7 Å². The van der Waals surface area contributed by atoms with E-state index in [9.17, 15) is 9.59 Å². The van der Waals surface area contributed by atoms with Gasteiger partial charge in [0.1, 0.15) is 6.04 Å². The number of hydrogen-bond donors (Lipinski definition) is 2. The van der Waals surface area contributed by atoms with Gasteiger partial charge in [0.05, 0.1) is 6.33 Å². The number of nitrogens with zero attached hydrogens (tertiary/aromatic N) is 3. The van der Waals surface area contributed by atoms with Crippen LogP contribution in [0, 0.1) is 0 Å². The Labute approximate surface area is 104 Å². The fraction of sp³-hybridized carbons (Fsp3) is 0.545. The molecule has 0 saturated carbocycles. The van der Waals surface area contributed by atoms with Gasteiger partial charge >= 0.3 is 12.0 Å². The maximum atomic E-state index is 11.8.